The normalized spacial score (nSPS) is 26.3. The Labute approximate surface area is 121 Å². The fourth-order valence-corrected chi connectivity index (χ4v) is 2.70. The van der Waals surface area contributed by atoms with E-state index in [1.807, 2.05) is 27.7 Å². The number of nitrogens with zero attached hydrogens (tertiary/aromatic N) is 2. The molecule has 1 fully saturated rings. The number of amides is 1. The molecule has 2 atom stereocenters. The lowest BCUT2D eigenvalue weighted by Crippen LogP contribution is -2.41. The van der Waals surface area contributed by atoms with Crippen LogP contribution in [0, 0.1) is 0 Å². The Morgan fingerprint density at radius 2 is 2.05 bits per heavy atom. The second kappa shape index (κ2) is 5.11. The maximum absolute atomic E-state index is 11.8. The van der Waals surface area contributed by atoms with Crippen molar-refractivity contribution >= 4 is 11.9 Å². The standard InChI is InChI=1S/C15H25N3O2/c1-9-10(2)16-11(3)18-8-12(7-13(9)18)17-14(19)20-15(4,5)6/h10,12H,7-8H2,1-6H3,(H,17,19). The number of fused-ring (bicyclic) bond motifs is 1. The quantitative estimate of drug-likeness (QED) is 0.803. The first-order valence-electron chi connectivity index (χ1n) is 7.18. The van der Waals surface area contributed by atoms with Gasteiger partial charge in [0, 0.05) is 18.7 Å². The van der Waals surface area contributed by atoms with Crippen LogP contribution in [0.1, 0.15) is 48.0 Å². The van der Waals surface area contributed by atoms with E-state index in [1.165, 1.54) is 11.3 Å². The summed E-state index contributed by atoms with van der Waals surface area (Å²) in [4.78, 5) is 18.7. The average molecular weight is 279 g/mol. The summed E-state index contributed by atoms with van der Waals surface area (Å²) in [6.07, 6.45) is 0.505. The molecule has 0 aromatic heterocycles. The SMILES string of the molecule is CC1=NC(C)C(C)=C2CC(NC(=O)OC(C)(C)C)CN12. The van der Waals surface area contributed by atoms with E-state index in [1.54, 1.807) is 0 Å². The summed E-state index contributed by atoms with van der Waals surface area (Å²) in [6.45, 7) is 12.6. The van der Waals surface area contributed by atoms with Gasteiger partial charge in [-0.3, -0.25) is 4.99 Å². The lowest BCUT2D eigenvalue weighted by Gasteiger charge is -2.28. The molecule has 0 spiro atoms. The number of amidine groups is 1. The third kappa shape index (κ3) is 3.14. The molecule has 0 saturated carbocycles. The number of rotatable bonds is 1. The summed E-state index contributed by atoms with van der Waals surface area (Å²) in [5.41, 5.74) is 2.13. The molecule has 1 N–H and O–H groups in total. The molecule has 112 valence electrons. The van der Waals surface area contributed by atoms with Crippen LogP contribution in [0.5, 0.6) is 0 Å². The lowest BCUT2D eigenvalue weighted by atomic mass is 10.0. The van der Waals surface area contributed by atoms with Crippen molar-refractivity contribution in [1.82, 2.24) is 10.2 Å². The van der Waals surface area contributed by atoms with E-state index in [2.05, 4.69) is 29.1 Å². The number of aliphatic imine (C=N–C) groups is 1. The summed E-state index contributed by atoms with van der Waals surface area (Å²) in [7, 11) is 0. The Morgan fingerprint density at radius 3 is 2.65 bits per heavy atom. The third-order valence-corrected chi connectivity index (χ3v) is 3.74. The molecule has 0 bridgehead atoms. The smallest absolute Gasteiger partial charge is 0.407 e. The van der Waals surface area contributed by atoms with E-state index >= 15 is 0 Å². The Hall–Kier alpha value is -1.52. The second-order valence-electron chi connectivity index (χ2n) is 6.64. The first-order chi connectivity index (χ1) is 9.17. The van der Waals surface area contributed by atoms with Crippen molar-refractivity contribution in [3.05, 3.63) is 11.3 Å². The van der Waals surface area contributed by atoms with Crippen LogP contribution in [0.25, 0.3) is 0 Å². The average Bonchev–Trinajstić information content (AvgIpc) is 2.67. The molecule has 0 aromatic carbocycles. The van der Waals surface area contributed by atoms with Crippen molar-refractivity contribution in [3.63, 3.8) is 0 Å². The van der Waals surface area contributed by atoms with Crippen LogP contribution in [-0.4, -0.2) is 41.1 Å². The summed E-state index contributed by atoms with van der Waals surface area (Å²) in [5.74, 6) is 1.03. The number of nitrogens with one attached hydrogen (secondary N) is 1. The molecule has 2 unspecified atom stereocenters. The molecule has 1 amide bonds. The predicted octanol–water partition coefficient (Wildman–Crippen LogP) is 2.68. The number of ether oxygens (including phenoxy) is 1. The summed E-state index contributed by atoms with van der Waals surface area (Å²) < 4.78 is 5.31. The van der Waals surface area contributed by atoms with E-state index in [9.17, 15) is 4.79 Å². The fourth-order valence-electron chi connectivity index (χ4n) is 2.70. The van der Waals surface area contributed by atoms with Crippen LogP contribution < -0.4 is 5.32 Å². The number of carbonyl (C=O) groups is 1. The van der Waals surface area contributed by atoms with Gasteiger partial charge in [0.15, 0.2) is 0 Å². The van der Waals surface area contributed by atoms with Crippen LogP contribution in [0.2, 0.25) is 0 Å². The van der Waals surface area contributed by atoms with Gasteiger partial charge < -0.3 is 15.0 Å². The van der Waals surface area contributed by atoms with E-state index in [-0.39, 0.29) is 18.2 Å². The van der Waals surface area contributed by atoms with Gasteiger partial charge >= 0.3 is 6.09 Å². The summed E-state index contributed by atoms with van der Waals surface area (Å²) in [5, 5.41) is 2.96. The maximum Gasteiger partial charge on any atom is 0.407 e. The lowest BCUT2D eigenvalue weighted by molar-refractivity contribution is 0.0507. The molecule has 0 aromatic rings. The van der Waals surface area contributed by atoms with Crippen LogP contribution in [-0.2, 0) is 4.74 Å². The predicted molar refractivity (Wildman–Crippen MR) is 79.8 cm³/mol. The van der Waals surface area contributed by atoms with E-state index in [0.29, 0.717) is 0 Å². The van der Waals surface area contributed by atoms with Gasteiger partial charge in [0.2, 0.25) is 0 Å². The van der Waals surface area contributed by atoms with Crippen molar-refractivity contribution in [1.29, 1.82) is 0 Å². The number of hydrogen-bond donors (Lipinski definition) is 1. The van der Waals surface area contributed by atoms with Crippen molar-refractivity contribution in [2.24, 2.45) is 4.99 Å². The molecule has 5 heteroatoms. The van der Waals surface area contributed by atoms with Crippen LogP contribution in [0.15, 0.2) is 16.3 Å². The van der Waals surface area contributed by atoms with Crippen LogP contribution >= 0.6 is 0 Å². The molecular formula is C15H25N3O2. The fraction of sp³-hybridized carbons (Fsp3) is 0.733. The van der Waals surface area contributed by atoms with E-state index < -0.39 is 5.60 Å². The molecule has 2 aliphatic rings. The van der Waals surface area contributed by atoms with Crippen molar-refractivity contribution < 1.29 is 9.53 Å². The molecule has 0 radical (unpaired) electrons. The van der Waals surface area contributed by atoms with Crippen molar-refractivity contribution in [2.45, 2.75) is 65.6 Å². The van der Waals surface area contributed by atoms with Crippen LogP contribution in [0.3, 0.4) is 0 Å². The Morgan fingerprint density at radius 1 is 1.40 bits per heavy atom. The summed E-state index contributed by atoms with van der Waals surface area (Å²) in [6, 6.07) is 0.326. The highest BCUT2D eigenvalue weighted by molar-refractivity contribution is 5.84. The van der Waals surface area contributed by atoms with Gasteiger partial charge in [0.1, 0.15) is 11.4 Å². The first-order valence-corrected chi connectivity index (χ1v) is 7.18. The van der Waals surface area contributed by atoms with Gasteiger partial charge in [0.05, 0.1) is 12.1 Å². The Bertz CT molecular complexity index is 474. The molecule has 5 nitrogen and oxygen atoms in total. The molecule has 2 aliphatic heterocycles. The first kappa shape index (κ1) is 14.9. The van der Waals surface area contributed by atoms with Crippen molar-refractivity contribution in [3.8, 4) is 0 Å². The highest BCUT2D eigenvalue weighted by atomic mass is 16.6. The topological polar surface area (TPSA) is 53.9 Å². The minimum atomic E-state index is -0.462. The minimum Gasteiger partial charge on any atom is -0.444 e. The molecule has 2 rings (SSSR count). The number of carbonyl (C=O) groups excluding carboxylic acids is 1. The summed E-state index contributed by atoms with van der Waals surface area (Å²) >= 11 is 0. The molecule has 1 saturated heterocycles. The van der Waals surface area contributed by atoms with E-state index in [4.69, 9.17) is 4.74 Å². The van der Waals surface area contributed by atoms with Gasteiger partial charge in [-0.1, -0.05) is 0 Å². The largest absolute Gasteiger partial charge is 0.444 e. The van der Waals surface area contributed by atoms with E-state index in [0.717, 1.165) is 18.8 Å². The number of alkyl carbamates (subject to hydrolysis) is 1. The minimum absolute atomic E-state index is 0.0882. The highest BCUT2D eigenvalue weighted by Gasteiger charge is 2.34. The van der Waals surface area contributed by atoms with Gasteiger partial charge in [-0.2, -0.15) is 0 Å². The third-order valence-electron chi connectivity index (χ3n) is 3.74. The number of hydrogen-bond acceptors (Lipinski definition) is 4. The monoisotopic (exact) mass is 279 g/mol. The highest BCUT2D eigenvalue weighted by Crippen LogP contribution is 2.31. The van der Waals surface area contributed by atoms with Gasteiger partial charge in [-0.25, -0.2) is 4.79 Å². The van der Waals surface area contributed by atoms with Gasteiger partial charge in [0.25, 0.3) is 0 Å². The Kier molecular flexibility index (Phi) is 3.80. The molecule has 2 heterocycles. The van der Waals surface area contributed by atoms with Crippen LogP contribution in [0.4, 0.5) is 4.79 Å². The maximum atomic E-state index is 11.8. The zero-order chi connectivity index (χ0) is 15.1. The molecular weight excluding hydrogens is 254 g/mol. The Balaban J connectivity index is 2.02. The second-order valence-corrected chi connectivity index (χ2v) is 6.64. The molecule has 0 aliphatic carbocycles. The van der Waals surface area contributed by atoms with Gasteiger partial charge in [-0.15, -0.1) is 0 Å². The zero-order valence-electron chi connectivity index (χ0n) is 13.3. The molecule has 20 heavy (non-hydrogen) atoms. The van der Waals surface area contributed by atoms with Crippen molar-refractivity contribution in [2.75, 3.05) is 6.54 Å². The van der Waals surface area contributed by atoms with Gasteiger partial charge in [-0.05, 0) is 47.1 Å². The zero-order valence-corrected chi connectivity index (χ0v) is 13.3.